The quantitative estimate of drug-likeness (QED) is 0.752. The van der Waals surface area contributed by atoms with Crippen LogP contribution in [0.25, 0.3) is 0 Å². The van der Waals surface area contributed by atoms with Gasteiger partial charge in [0.2, 0.25) is 5.91 Å². The van der Waals surface area contributed by atoms with E-state index >= 15 is 0 Å². The van der Waals surface area contributed by atoms with Crippen LogP contribution in [-0.4, -0.2) is 35.0 Å². The van der Waals surface area contributed by atoms with Crippen molar-refractivity contribution in [1.29, 1.82) is 0 Å². The van der Waals surface area contributed by atoms with E-state index in [0.29, 0.717) is 25.4 Å². The van der Waals surface area contributed by atoms with Crippen LogP contribution in [-0.2, 0) is 9.59 Å². The SMILES string of the molecule is CCN(CC(C)C(=O)O)C(=O)CC1CCC1. The predicted molar refractivity (Wildman–Crippen MR) is 61.0 cm³/mol. The van der Waals surface area contributed by atoms with Gasteiger partial charge in [0.15, 0.2) is 0 Å². The van der Waals surface area contributed by atoms with Gasteiger partial charge in [0.25, 0.3) is 0 Å². The van der Waals surface area contributed by atoms with Gasteiger partial charge >= 0.3 is 5.97 Å². The van der Waals surface area contributed by atoms with Gasteiger partial charge in [-0.05, 0) is 25.7 Å². The molecule has 1 fully saturated rings. The minimum Gasteiger partial charge on any atom is -0.481 e. The molecule has 4 heteroatoms. The fourth-order valence-corrected chi connectivity index (χ4v) is 1.89. The molecule has 1 rings (SSSR count). The second-order valence-electron chi connectivity index (χ2n) is 4.67. The standard InChI is InChI=1S/C12H21NO3/c1-3-13(8-9(2)12(15)16)11(14)7-10-5-4-6-10/h9-10H,3-8H2,1-2H3,(H,15,16). The number of carboxylic acids is 1. The molecule has 0 radical (unpaired) electrons. The number of rotatable bonds is 6. The van der Waals surface area contributed by atoms with Crippen LogP contribution >= 0.6 is 0 Å². The first-order valence-corrected chi connectivity index (χ1v) is 6.05. The Hall–Kier alpha value is -1.06. The summed E-state index contributed by atoms with van der Waals surface area (Å²) in [6.07, 6.45) is 4.13. The average molecular weight is 227 g/mol. The van der Waals surface area contributed by atoms with E-state index in [4.69, 9.17) is 5.11 Å². The summed E-state index contributed by atoms with van der Waals surface area (Å²) in [4.78, 5) is 24.3. The van der Waals surface area contributed by atoms with E-state index in [1.807, 2.05) is 6.92 Å². The fraction of sp³-hybridized carbons (Fsp3) is 0.833. The zero-order valence-electron chi connectivity index (χ0n) is 10.1. The van der Waals surface area contributed by atoms with Crippen LogP contribution in [0.2, 0.25) is 0 Å². The maximum atomic E-state index is 11.9. The molecule has 4 nitrogen and oxygen atoms in total. The van der Waals surface area contributed by atoms with E-state index in [1.165, 1.54) is 6.42 Å². The lowest BCUT2D eigenvalue weighted by atomic mass is 9.82. The highest BCUT2D eigenvalue weighted by Crippen LogP contribution is 2.29. The molecule has 0 aromatic carbocycles. The van der Waals surface area contributed by atoms with Gasteiger partial charge in [0.05, 0.1) is 5.92 Å². The third-order valence-corrected chi connectivity index (χ3v) is 3.34. The molecule has 92 valence electrons. The van der Waals surface area contributed by atoms with E-state index in [0.717, 1.165) is 12.8 Å². The zero-order valence-corrected chi connectivity index (χ0v) is 10.1. The molecule has 1 aliphatic carbocycles. The molecule has 1 amide bonds. The molecule has 0 aliphatic heterocycles. The zero-order chi connectivity index (χ0) is 12.1. The van der Waals surface area contributed by atoms with Crippen molar-refractivity contribution < 1.29 is 14.7 Å². The van der Waals surface area contributed by atoms with Gasteiger partial charge in [-0.2, -0.15) is 0 Å². The van der Waals surface area contributed by atoms with E-state index in [2.05, 4.69) is 0 Å². The van der Waals surface area contributed by atoms with E-state index in [1.54, 1.807) is 11.8 Å². The maximum Gasteiger partial charge on any atom is 0.308 e. The number of carbonyl (C=O) groups excluding carboxylic acids is 1. The Morgan fingerprint density at radius 3 is 2.44 bits per heavy atom. The smallest absolute Gasteiger partial charge is 0.308 e. The summed E-state index contributed by atoms with van der Waals surface area (Å²) >= 11 is 0. The first kappa shape index (κ1) is 13.0. The number of aliphatic carboxylic acids is 1. The molecule has 0 aromatic rings. The summed E-state index contributed by atoms with van der Waals surface area (Å²) < 4.78 is 0. The lowest BCUT2D eigenvalue weighted by Crippen LogP contribution is -2.38. The minimum absolute atomic E-state index is 0.111. The number of nitrogens with zero attached hydrogens (tertiary/aromatic N) is 1. The van der Waals surface area contributed by atoms with Crippen LogP contribution in [0, 0.1) is 11.8 Å². The number of hydrogen-bond donors (Lipinski definition) is 1. The van der Waals surface area contributed by atoms with Crippen molar-refractivity contribution in [1.82, 2.24) is 4.90 Å². The molecule has 0 bridgehead atoms. The van der Waals surface area contributed by atoms with Gasteiger partial charge in [-0.15, -0.1) is 0 Å². The Kier molecular flexibility index (Phi) is 4.77. The second kappa shape index (κ2) is 5.87. The Labute approximate surface area is 96.6 Å². The molecule has 0 aromatic heterocycles. The van der Waals surface area contributed by atoms with Crippen molar-refractivity contribution >= 4 is 11.9 Å². The van der Waals surface area contributed by atoms with Crippen molar-refractivity contribution in [3.8, 4) is 0 Å². The van der Waals surface area contributed by atoms with Crippen molar-refractivity contribution in [2.45, 2.75) is 39.5 Å². The molecular weight excluding hydrogens is 206 g/mol. The monoisotopic (exact) mass is 227 g/mol. The Morgan fingerprint density at radius 2 is 2.06 bits per heavy atom. The van der Waals surface area contributed by atoms with Crippen molar-refractivity contribution in [2.24, 2.45) is 11.8 Å². The summed E-state index contributed by atoms with van der Waals surface area (Å²) in [6.45, 7) is 4.47. The number of hydrogen-bond acceptors (Lipinski definition) is 2. The lowest BCUT2D eigenvalue weighted by Gasteiger charge is -2.29. The molecule has 0 saturated heterocycles. The summed E-state index contributed by atoms with van der Waals surface area (Å²) in [5, 5.41) is 8.81. The summed E-state index contributed by atoms with van der Waals surface area (Å²) in [5.74, 6) is -0.665. The van der Waals surface area contributed by atoms with Gasteiger partial charge in [-0.3, -0.25) is 9.59 Å². The van der Waals surface area contributed by atoms with Gasteiger partial charge < -0.3 is 10.0 Å². The fourth-order valence-electron chi connectivity index (χ4n) is 1.89. The predicted octanol–water partition coefficient (Wildman–Crippen LogP) is 1.75. The highest BCUT2D eigenvalue weighted by atomic mass is 16.4. The molecule has 1 N–H and O–H groups in total. The third kappa shape index (κ3) is 3.51. The maximum absolute atomic E-state index is 11.9. The topological polar surface area (TPSA) is 57.6 Å². The normalized spacial score (nSPS) is 17.6. The Morgan fingerprint density at radius 1 is 1.44 bits per heavy atom. The first-order valence-electron chi connectivity index (χ1n) is 6.05. The number of amides is 1. The van der Waals surface area contributed by atoms with Gasteiger partial charge in [0.1, 0.15) is 0 Å². The van der Waals surface area contributed by atoms with Gasteiger partial charge in [0, 0.05) is 19.5 Å². The van der Waals surface area contributed by atoms with Crippen LogP contribution in [0.5, 0.6) is 0 Å². The van der Waals surface area contributed by atoms with Crippen LogP contribution in [0.3, 0.4) is 0 Å². The average Bonchev–Trinajstić information content (AvgIpc) is 2.18. The summed E-state index contributed by atoms with van der Waals surface area (Å²) in [6, 6.07) is 0. The van der Waals surface area contributed by atoms with Crippen molar-refractivity contribution in [3.63, 3.8) is 0 Å². The number of carboxylic acid groups (broad SMARTS) is 1. The van der Waals surface area contributed by atoms with E-state index in [-0.39, 0.29) is 5.91 Å². The molecule has 1 saturated carbocycles. The first-order chi connectivity index (χ1) is 7.54. The van der Waals surface area contributed by atoms with Crippen LogP contribution in [0.4, 0.5) is 0 Å². The van der Waals surface area contributed by atoms with Crippen LogP contribution in [0.15, 0.2) is 0 Å². The van der Waals surface area contributed by atoms with Gasteiger partial charge in [-0.1, -0.05) is 13.3 Å². The molecule has 16 heavy (non-hydrogen) atoms. The summed E-state index contributed by atoms with van der Waals surface area (Å²) in [5.41, 5.74) is 0. The summed E-state index contributed by atoms with van der Waals surface area (Å²) in [7, 11) is 0. The van der Waals surface area contributed by atoms with Crippen LogP contribution < -0.4 is 0 Å². The molecular formula is C12H21NO3. The Bertz CT molecular complexity index is 261. The molecule has 1 unspecified atom stereocenters. The highest BCUT2D eigenvalue weighted by Gasteiger charge is 2.25. The Balaban J connectivity index is 2.39. The largest absolute Gasteiger partial charge is 0.481 e. The van der Waals surface area contributed by atoms with Crippen LogP contribution in [0.1, 0.15) is 39.5 Å². The number of carbonyl (C=O) groups is 2. The van der Waals surface area contributed by atoms with Crippen molar-refractivity contribution in [3.05, 3.63) is 0 Å². The second-order valence-corrected chi connectivity index (χ2v) is 4.67. The van der Waals surface area contributed by atoms with E-state index < -0.39 is 11.9 Å². The minimum atomic E-state index is -0.838. The lowest BCUT2D eigenvalue weighted by molar-refractivity contribution is -0.143. The van der Waals surface area contributed by atoms with E-state index in [9.17, 15) is 9.59 Å². The molecule has 1 atom stereocenters. The van der Waals surface area contributed by atoms with Crippen molar-refractivity contribution in [2.75, 3.05) is 13.1 Å². The highest BCUT2D eigenvalue weighted by molar-refractivity contribution is 5.77. The molecule has 0 spiro atoms. The third-order valence-electron chi connectivity index (χ3n) is 3.34. The molecule has 0 heterocycles. The molecule has 1 aliphatic rings. The van der Waals surface area contributed by atoms with Gasteiger partial charge in [-0.25, -0.2) is 0 Å².